The molecular weight excluding hydrogens is 176 g/mol. The van der Waals surface area contributed by atoms with Crippen LogP contribution in [0.25, 0.3) is 0 Å². The molecule has 14 heavy (non-hydrogen) atoms. The number of nitrogens with two attached hydrogens (primary N) is 1. The number of β-amino-alcohol motifs (C(OH)–C–C–N with tert-alkyl or cyclic N) is 1. The van der Waals surface area contributed by atoms with E-state index in [2.05, 4.69) is 4.90 Å². The van der Waals surface area contributed by atoms with Gasteiger partial charge < -0.3 is 15.7 Å². The molecule has 3 N–H and O–H groups in total. The fourth-order valence-corrected chi connectivity index (χ4v) is 2.29. The zero-order chi connectivity index (χ0) is 10.2. The highest BCUT2D eigenvalue weighted by atomic mass is 16.3. The Labute approximate surface area is 87.3 Å². The van der Waals surface area contributed by atoms with Crippen LogP contribution in [-0.2, 0) is 0 Å². The van der Waals surface area contributed by atoms with E-state index in [-0.39, 0.29) is 0 Å². The number of aliphatic hydroxyl groups is 1. The summed E-state index contributed by atoms with van der Waals surface area (Å²) in [6.45, 7) is 4.31. The van der Waals surface area contributed by atoms with Crippen LogP contribution in [-0.4, -0.2) is 42.8 Å². The molecule has 3 nitrogen and oxygen atoms in total. The Bertz CT molecular complexity index is 141. The van der Waals surface area contributed by atoms with E-state index in [4.69, 9.17) is 10.8 Å². The van der Waals surface area contributed by atoms with Gasteiger partial charge in [-0.1, -0.05) is 0 Å². The van der Waals surface area contributed by atoms with E-state index in [1.165, 1.54) is 38.6 Å². The highest BCUT2D eigenvalue weighted by Crippen LogP contribution is 2.21. The van der Waals surface area contributed by atoms with E-state index in [1.807, 2.05) is 0 Å². The Balaban J connectivity index is 2.19. The van der Waals surface area contributed by atoms with Gasteiger partial charge in [0, 0.05) is 6.54 Å². The van der Waals surface area contributed by atoms with Crippen molar-refractivity contribution in [2.75, 3.05) is 32.8 Å². The van der Waals surface area contributed by atoms with Crippen molar-refractivity contribution in [3.8, 4) is 0 Å². The second-order valence-corrected chi connectivity index (χ2v) is 4.29. The average molecular weight is 200 g/mol. The molecular formula is C11H24N2O. The van der Waals surface area contributed by atoms with Gasteiger partial charge in [-0.05, 0) is 57.7 Å². The molecule has 0 aliphatic carbocycles. The van der Waals surface area contributed by atoms with Gasteiger partial charge in [0.25, 0.3) is 0 Å². The maximum absolute atomic E-state index is 8.86. The molecule has 0 aromatic carbocycles. The van der Waals surface area contributed by atoms with Crippen molar-refractivity contribution in [3.05, 3.63) is 0 Å². The summed E-state index contributed by atoms with van der Waals surface area (Å²) in [5.74, 6) is 0.877. The highest BCUT2D eigenvalue weighted by molar-refractivity contribution is 4.70. The van der Waals surface area contributed by atoms with E-state index in [0.717, 1.165) is 25.6 Å². The number of aliphatic hydroxyl groups excluding tert-OH is 1. The number of hydrogen-bond acceptors (Lipinski definition) is 3. The first-order valence-corrected chi connectivity index (χ1v) is 5.90. The summed E-state index contributed by atoms with van der Waals surface area (Å²) >= 11 is 0. The van der Waals surface area contributed by atoms with E-state index in [9.17, 15) is 0 Å². The zero-order valence-corrected chi connectivity index (χ0v) is 9.12. The minimum atomic E-state index is 0.299. The van der Waals surface area contributed by atoms with Crippen LogP contribution in [0, 0.1) is 5.92 Å². The Morgan fingerprint density at radius 1 is 1.29 bits per heavy atom. The van der Waals surface area contributed by atoms with E-state index in [0.29, 0.717) is 6.61 Å². The minimum Gasteiger partial charge on any atom is -0.395 e. The molecule has 1 aliphatic rings. The van der Waals surface area contributed by atoms with Crippen molar-refractivity contribution in [1.29, 1.82) is 0 Å². The monoisotopic (exact) mass is 200 g/mol. The van der Waals surface area contributed by atoms with Gasteiger partial charge in [0.1, 0.15) is 0 Å². The third-order valence-electron chi connectivity index (χ3n) is 3.17. The van der Waals surface area contributed by atoms with Crippen molar-refractivity contribution in [3.63, 3.8) is 0 Å². The normalized spacial score (nSPS) is 24.9. The maximum Gasteiger partial charge on any atom is 0.0558 e. The van der Waals surface area contributed by atoms with E-state index >= 15 is 0 Å². The van der Waals surface area contributed by atoms with Gasteiger partial charge in [-0.25, -0.2) is 0 Å². The maximum atomic E-state index is 8.86. The summed E-state index contributed by atoms with van der Waals surface area (Å²) in [5, 5.41) is 8.86. The number of likely N-dealkylation sites (tertiary alicyclic amines) is 1. The van der Waals surface area contributed by atoms with E-state index < -0.39 is 0 Å². The third-order valence-corrected chi connectivity index (χ3v) is 3.17. The number of nitrogens with zero attached hydrogens (tertiary/aromatic N) is 1. The third kappa shape index (κ3) is 4.40. The van der Waals surface area contributed by atoms with E-state index in [1.54, 1.807) is 0 Å². The van der Waals surface area contributed by atoms with Crippen LogP contribution in [0.5, 0.6) is 0 Å². The topological polar surface area (TPSA) is 49.5 Å². The second-order valence-electron chi connectivity index (χ2n) is 4.29. The molecule has 0 saturated carbocycles. The lowest BCUT2D eigenvalue weighted by Crippen LogP contribution is -2.27. The first kappa shape index (κ1) is 12.0. The molecule has 1 atom stereocenters. The van der Waals surface area contributed by atoms with Crippen LogP contribution in [0.2, 0.25) is 0 Å². The molecule has 0 spiro atoms. The fourth-order valence-electron chi connectivity index (χ4n) is 2.29. The SMILES string of the molecule is NCCCC1CCCN(CCO)CC1. The Morgan fingerprint density at radius 2 is 2.14 bits per heavy atom. The molecule has 1 fully saturated rings. The fraction of sp³-hybridized carbons (Fsp3) is 1.00. The summed E-state index contributed by atoms with van der Waals surface area (Å²) in [6, 6.07) is 0. The van der Waals surface area contributed by atoms with Crippen LogP contribution in [0.15, 0.2) is 0 Å². The molecule has 84 valence electrons. The smallest absolute Gasteiger partial charge is 0.0558 e. The highest BCUT2D eigenvalue weighted by Gasteiger charge is 2.15. The van der Waals surface area contributed by atoms with Gasteiger partial charge in [-0.3, -0.25) is 0 Å². The van der Waals surface area contributed by atoms with Crippen LogP contribution < -0.4 is 5.73 Å². The molecule has 0 bridgehead atoms. The summed E-state index contributed by atoms with van der Waals surface area (Å²) in [4.78, 5) is 2.38. The Kier molecular flexibility index (Phi) is 6.15. The summed E-state index contributed by atoms with van der Waals surface area (Å²) in [5.41, 5.74) is 5.52. The summed E-state index contributed by atoms with van der Waals surface area (Å²) in [7, 11) is 0. The second kappa shape index (κ2) is 7.21. The molecule has 0 aromatic rings. The minimum absolute atomic E-state index is 0.299. The predicted octanol–water partition coefficient (Wildman–Crippen LogP) is 0.820. The number of hydrogen-bond donors (Lipinski definition) is 2. The van der Waals surface area contributed by atoms with Crippen molar-refractivity contribution >= 4 is 0 Å². The Morgan fingerprint density at radius 3 is 2.86 bits per heavy atom. The first-order chi connectivity index (χ1) is 6.86. The lowest BCUT2D eigenvalue weighted by Gasteiger charge is -2.18. The van der Waals surface area contributed by atoms with Crippen LogP contribution in [0.4, 0.5) is 0 Å². The van der Waals surface area contributed by atoms with Gasteiger partial charge in [-0.15, -0.1) is 0 Å². The Hall–Kier alpha value is -0.120. The van der Waals surface area contributed by atoms with Gasteiger partial charge >= 0.3 is 0 Å². The molecule has 0 aromatic heterocycles. The zero-order valence-electron chi connectivity index (χ0n) is 9.12. The summed E-state index contributed by atoms with van der Waals surface area (Å²) < 4.78 is 0. The molecule has 1 saturated heterocycles. The number of rotatable bonds is 5. The molecule has 0 amide bonds. The molecule has 1 rings (SSSR count). The van der Waals surface area contributed by atoms with Gasteiger partial charge in [0.05, 0.1) is 6.61 Å². The van der Waals surface area contributed by atoms with Crippen molar-refractivity contribution < 1.29 is 5.11 Å². The average Bonchev–Trinajstić information content (AvgIpc) is 2.41. The lowest BCUT2D eigenvalue weighted by atomic mass is 9.95. The van der Waals surface area contributed by atoms with Crippen LogP contribution in [0.3, 0.4) is 0 Å². The molecule has 0 radical (unpaired) electrons. The first-order valence-electron chi connectivity index (χ1n) is 5.90. The van der Waals surface area contributed by atoms with Gasteiger partial charge in [-0.2, -0.15) is 0 Å². The molecule has 1 aliphatic heterocycles. The standard InChI is InChI=1S/C11H24N2O/c12-6-1-3-11-4-2-7-13(8-5-11)9-10-14/h11,14H,1-10,12H2. The van der Waals surface area contributed by atoms with Crippen molar-refractivity contribution in [2.45, 2.75) is 32.1 Å². The predicted molar refractivity (Wildman–Crippen MR) is 59.2 cm³/mol. The van der Waals surface area contributed by atoms with Crippen molar-refractivity contribution in [2.24, 2.45) is 11.7 Å². The molecule has 1 heterocycles. The van der Waals surface area contributed by atoms with Crippen LogP contribution in [0.1, 0.15) is 32.1 Å². The summed E-state index contributed by atoms with van der Waals surface area (Å²) in [6.07, 6.45) is 6.39. The van der Waals surface area contributed by atoms with Gasteiger partial charge in [0.15, 0.2) is 0 Å². The quantitative estimate of drug-likeness (QED) is 0.691. The van der Waals surface area contributed by atoms with Crippen molar-refractivity contribution in [1.82, 2.24) is 4.90 Å². The molecule has 3 heteroatoms. The molecule has 1 unspecified atom stereocenters. The largest absolute Gasteiger partial charge is 0.395 e. The van der Waals surface area contributed by atoms with Crippen LogP contribution >= 0.6 is 0 Å². The van der Waals surface area contributed by atoms with Gasteiger partial charge in [0.2, 0.25) is 0 Å². The lowest BCUT2D eigenvalue weighted by molar-refractivity contribution is 0.198.